The molecule has 0 saturated heterocycles. The maximum atomic E-state index is 13.7. The van der Waals surface area contributed by atoms with Crippen LogP contribution in [0.1, 0.15) is 41.3 Å². The molecule has 0 spiro atoms. The number of fused-ring (bicyclic) bond motifs is 1. The van der Waals surface area contributed by atoms with Crippen molar-refractivity contribution in [1.82, 2.24) is 19.9 Å². The molecule has 0 fully saturated rings. The van der Waals surface area contributed by atoms with Gasteiger partial charge in [-0.1, -0.05) is 43.0 Å². The van der Waals surface area contributed by atoms with Crippen LogP contribution in [0.5, 0.6) is 0 Å². The third-order valence-corrected chi connectivity index (χ3v) is 7.75. The number of pyridine rings is 1. The summed E-state index contributed by atoms with van der Waals surface area (Å²) in [5, 5.41) is 3.85. The number of benzene rings is 2. The standard InChI is InChI=1S/C27H29FN4OS2/c1-2-14-34-15-4-12-30-26(33)22-9-7-20(8-10-22)19-35-27-31-24-11-13-29-17-25(24)32(27)18-21-5-3-6-23(28)16-21/h3,5-11,13,16-17H,2,4,12,14-15,18-19H2,1H3,(H,30,33). The maximum absolute atomic E-state index is 13.7. The van der Waals surface area contributed by atoms with Gasteiger partial charge in [0.2, 0.25) is 0 Å². The SMILES string of the molecule is CCCSCCCNC(=O)c1ccc(CSc2nc3ccncc3n2Cc2cccc(F)c2)cc1. The van der Waals surface area contributed by atoms with Crippen LogP contribution in [0.2, 0.25) is 0 Å². The lowest BCUT2D eigenvalue weighted by Crippen LogP contribution is -2.24. The average Bonchev–Trinajstić information content (AvgIpc) is 3.22. The molecule has 5 nitrogen and oxygen atoms in total. The first kappa shape index (κ1) is 25.3. The Morgan fingerprint density at radius 3 is 2.74 bits per heavy atom. The van der Waals surface area contributed by atoms with Crippen molar-refractivity contribution in [2.24, 2.45) is 0 Å². The maximum Gasteiger partial charge on any atom is 0.251 e. The molecule has 0 aliphatic rings. The molecule has 0 aliphatic heterocycles. The van der Waals surface area contributed by atoms with Crippen molar-refractivity contribution in [3.8, 4) is 0 Å². The Morgan fingerprint density at radius 2 is 1.94 bits per heavy atom. The molecule has 1 amide bonds. The molecule has 0 bridgehead atoms. The monoisotopic (exact) mass is 508 g/mol. The Morgan fingerprint density at radius 1 is 1.09 bits per heavy atom. The van der Waals surface area contributed by atoms with Crippen LogP contribution in [0.4, 0.5) is 4.39 Å². The zero-order valence-electron chi connectivity index (χ0n) is 19.7. The van der Waals surface area contributed by atoms with Gasteiger partial charge in [-0.05, 0) is 65.8 Å². The van der Waals surface area contributed by atoms with E-state index in [1.807, 2.05) is 48.2 Å². The van der Waals surface area contributed by atoms with E-state index < -0.39 is 0 Å². The largest absolute Gasteiger partial charge is 0.352 e. The Labute approximate surface area is 213 Å². The summed E-state index contributed by atoms with van der Waals surface area (Å²) < 4.78 is 15.8. The van der Waals surface area contributed by atoms with E-state index in [1.54, 1.807) is 36.3 Å². The van der Waals surface area contributed by atoms with Crippen molar-refractivity contribution in [2.75, 3.05) is 18.1 Å². The Hall–Kier alpha value is -2.84. The molecule has 2 aromatic carbocycles. The van der Waals surface area contributed by atoms with Crippen molar-refractivity contribution in [2.45, 2.75) is 37.2 Å². The lowest BCUT2D eigenvalue weighted by Gasteiger charge is -2.10. The summed E-state index contributed by atoms with van der Waals surface area (Å²) in [4.78, 5) is 21.4. The Balaban J connectivity index is 1.38. The van der Waals surface area contributed by atoms with Crippen molar-refractivity contribution < 1.29 is 9.18 Å². The highest BCUT2D eigenvalue weighted by Crippen LogP contribution is 2.27. The van der Waals surface area contributed by atoms with Gasteiger partial charge in [-0.25, -0.2) is 9.37 Å². The van der Waals surface area contributed by atoms with E-state index in [4.69, 9.17) is 4.98 Å². The molecular formula is C27H29FN4OS2. The van der Waals surface area contributed by atoms with Gasteiger partial charge in [0.1, 0.15) is 5.82 Å². The molecule has 35 heavy (non-hydrogen) atoms. The molecule has 182 valence electrons. The lowest BCUT2D eigenvalue weighted by molar-refractivity contribution is 0.0954. The minimum Gasteiger partial charge on any atom is -0.352 e. The van der Waals surface area contributed by atoms with Crippen LogP contribution in [0.3, 0.4) is 0 Å². The first-order chi connectivity index (χ1) is 17.1. The minimum atomic E-state index is -0.251. The number of nitrogens with one attached hydrogen (secondary N) is 1. The summed E-state index contributed by atoms with van der Waals surface area (Å²) in [7, 11) is 0. The van der Waals surface area contributed by atoms with Crippen molar-refractivity contribution in [1.29, 1.82) is 0 Å². The number of hydrogen-bond acceptors (Lipinski definition) is 5. The number of imidazole rings is 1. The van der Waals surface area contributed by atoms with Crippen LogP contribution in [0.25, 0.3) is 11.0 Å². The van der Waals surface area contributed by atoms with E-state index in [1.165, 1.54) is 18.2 Å². The Kier molecular flexibility index (Phi) is 9.20. The first-order valence-electron chi connectivity index (χ1n) is 11.8. The third kappa shape index (κ3) is 7.08. The molecule has 1 N–H and O–H groups in total. The molecule has 2 aromatic heterocycles. The van der Waals surface area contributed by atoms with Crippen LogP contribution in [-0.4, -0.2) is 38.5 Å². The third-order valence-electron chi connectivity index (χ3n) is 5.43. The second kappa shape index (κ2) is 12.7. The Bertz CT molecular complexity index is 1260. The first-order valence-corrected chi connectivity index (χ1v) is 13.9. The highest BCUT2D eigenvalue weighted by atomic mass is 32.2. The van der Waals surface area contributed by atoms with Gasteiger partial charge in [0.15, 0.2) is 5.16 Å². The molecular weight excluding hydrogens is 479 g/mol. The van der Waals surface area contributed by atoms with E-state index >= 15 is 0 Å². The second-order valence-electron chi connectivity index (χ2n) is 8.18. The van der Waals surface area contributed by atoms with Gasteiger partial charge in [-0.2, -0.15) is 11.8 Å². The molecule has 0 saturated carbocycles. The zero-order valence-corrected chi connectivity index (χ0v) is 21.4. The van der Waals surface area contributed by atoms with Crippen molar-refractivity contribution in [3.05, 3.63) is 89.5 Å². The summed E-state index contributed by atoms with van der Waals surface area (Å²) in [5.41, 5.74) is 4.42. The summed E-state index contributed by atoms with van der Waals surface area (Å²) >= 11 is 3.54. The van der Waals surface area contributed by atoms with E-state index in [0.717, 1.165) is 39.5 Å². The van der Waals surface area contributed by atoms with Gasteiger partial charge >= 0.3 is 0 Å². The van der Waals surface area contributed by atoms with Crippen molar-refractivity contribution >= 4 is 40.5 Å². The van der Waals surface area contributed by atoms with Crippen LogP contribution in [-0.2, 0) is 12.3 Å². The molecule has 4 rings (SSSR count). The quantitative estimate of drug-likeness (QED) is 0.183. The van der Waals surface area contributed by atoms with Gasteiger partial charge in [0, 0.05) is 24.1 Å². The van der Waals surface area contributed by atoms with E-state index in [9.17, 15) is 9.18 Å². The number of aromatic nitrogens is 3. The van der Waals surface area contributed by atoms with E-state index in [-0.39, 0.29) is 11.7 Å². The number of halogens is 1. The topological polar surface area (TPSA) is 59.8 Å². The molecule has 2 heterocycles. The summed E-state index contributed by atoms with van der Waals surface area (Å²) in [6.07, 6.45) is 5.69. The molecule has 0 atom stereocenters. The fourth-order valence-corrected chi connectivity index (χ4v) is 5.46. The van der Waals surface area contributed by atoms with Gasteiger partial charge < -0.3 is 9.88 Å². The lowest BCUT2D eigenvalue weighted by atomic mass is 10.1. The number of hydrogen-bond donors (Lipinski definition) is 1. The normalized spacial score (nSPS) is 11.1. The summed E-state index contributed by atoms with van der Waals surface area (Å²) in [6, 6.07) is 16.2. The molecule has 0 unspecified atom stereocenters. The predicted octanol–water partition coefficient (Wildman–Crippen LogP) is 6.17. The fourth-order valence-electron chi connectivity index (χ4n) is 3.65. The molecule has 8 heteroatoms. The minimum absolute atomic E-state index is 0.0333. The molecule has 0 radical (unpaired) electrons. The van der Waals surface area contributed by atoms with E-state index in [2.05, 4.69) is 21.8 Å². The number of nitrogens with zero attached hydrogens (tertiary/aromatic N) is 3. The van der Waals surface area contributed by atoms with Crippen LogP contribution in [0.15, 0.2) is 72.1 Å². The van der Waals surface area contributed by atoms with Gasteiger partial charge in [0.25, 0.3) is 5.91 Å². The zero-order chi connectivity index (χ0) is 24.5. The van der Waals surface area contributed by atoms with Gasteiger partial charge in [-0.15, -0.1) is 0 Å². The number of amides is 1. The highest BCUT2D eigenvalue weighted by molar-refractivity contribution is 7.99. The number of rotatable bonds is 12. The van der Waals surface area contributed by atoms with Crippen LogP contribution >= 0.6 is 23.5 Å². The van der Waals surface area contributed by atoms with Crippen LogP contribution in [0, 0.1) is 5.82 Å². The highest BCUT2D eigenvalue weighted by Gasteiger charge is 2.13. The smallest absolute Gasteiger partial charge is 0.251 e. The molecule has 0 aliphatic carbocycles. The fraction of sp³-hybridized carbons (Fsp3) is 0.296. The van der Waals surface area contributed by atoms with Gasteiger partial charge in [0.05, 0.1) is 23.8 Å². The van der Waals surface area contributed by atoms with Crippen LogP contribution < -0.4 is 5.32 Å². The number of carbonyl (C=O) groups excluding carboxylic acids is 1. The van der Waals surface area contributed by atoms with E-state index in [0.29, 0.717) is 24.4 Å². The molecule has 4 aromatic rings. The number of carbonyl (C=O) groups is 1. The average molecular weight is 509 g/mol. The summed E-state index contributed by atoms with van der Waals surface area (Å²) in [5.74, 6) is 2.67. The summed E-state index contributed by atoms with van der Waals surface area (Å²) in [6.45, 7) is 3.39. The number of thioether (sulfide) groups is 2. The predicted molar refractivity (Wildman–Crippen MR) is 144 cm³/mol. The van der Waals surface area contributed by atoms with Gasteiger partial charge in [-0.3, -0.25) is 9.78 Å². The second-order valence-corrected chi connectivity index (χ2v) is 10.3. The van der Waals surface area contributed by atoms with Crippen molar-refractivity contribution in [3.63, 3.8) is 0 Å².